The predicted octanol–water partition coefficient (Wildman–Crippen LogP) is 1.96. The van der Waals surface area contributed by atoms with Crippen molar-refractivity contribution in [3.63, 3.8) is 0 Å². The van der Waals surface area contributed by atoms with Gasteiger partial charge in [-0.25, -0.2) is 4.98 Å². The van der Waals surface area contributed by atoms with E-state index in [9.17, 15) is 9.59 Å². The van der Waals surface area contributed by atoms with E-state index in [-0.39, 0.29) is 18.7 Å². The first-order chi connectivity index (χ1) is 9.06. The van der Waals surface area contributed by atoms with Gasteiger partial charge in [0.05, 0.1) is 18.5 Å². The number of carbonyl (C=O) groups is 2. The number of amides is 1. The third-order valence-corrected chi connectivity index (χ3v) is 3.47. The molecule has 0 aliphatic carbocycles. The molecule has 0 saturated carbocycles. The van der Waals surface area contributed by atoms with Crippen molar-refractivity contribution in [1.82, 2.24) is 9.88 Å². The van der Waals surface area contributed by atoms with E-state index in [4.69, 9.17) is 5.11 Å². The summed E-state index contributed by atoms with van der Waals surface area (Å²) in [7, 11) is 0. The fourth-order valence-corrected chi connectivity index (χ4v) is 2.59. The first-order valence-corrected chi connectivity index (χ1v) is 7.37. The number of carboxylic acid groups (broad SMARTS) is 1. The van der Waals surface area contributed by atoms with Gasteiger partial charge < -0.3 is 10.0 Å². The van der Waals surface area contributed by atoms with Crippen molar-refractivity contribution in [2.24, 2.45) is 0 Å². The first-order valence-electron chi connectivity index (χ1n) is 6.49. The SMILES string of the molecule is CCCN(CCC)C(=O)Cc1nc(CC(=O)O)cs1. The molecule has 5 nitrogen and oxygen atoms in total. The average Bonchev–Trinajstić information content (AvgIpc) is 2.75. The molecule has 0 saturated heterocycles. The van der Waals surface area contributed by atoms with Crippen LogP contribution in [0, 0.1) is 0 Å². The zero-order chi connectivity index (χ0) is 14.3. The summed E-state index contributed by atoms with van der Waals surface area (Å²) in [6, 6.07) is 0. The van der Waals surface area contributed by atoms with Crippen LogP contribution in [0.1, 0.15) is 37.4 Å². The Morgan fingerprint density at radius 2 is 1.89 bits per heavy atom. The molecule has 0 unspecified atom stereocenters. The summed E-state index contributed by atoms with van der Waals surface area (Å²) < 4.78 is 0. The highest BCUT2D eigenvalue weighted by Gasteiger charge is 2.15. The van der Waals surface area contributed by atoms with Gasteiger partial charge in [-0.2, -0.15) is 0 Å². The fraction of sp³-hybridized carbons (Fsp3) is 0.615. The predicted molar refractivity (Wildman–Crippen MR) is 74.3 cm³/mol. The van der Waals surface area contributed by atoms with E-state index >= 15 is 0 Å². The van der Waals surface area contributed by atoms with Crippen molar-refractivity contribution in [2.45, 2.75) is 39.5 Å². The third kappa shape index (κ3) is 5.38. The lowest BCUT2D eigenvalue weighted by Gasteiger charge is -2.20. The number of aromatic nitrogens is 1. The van der Waals surface area contributed by atoms with E-state index in [1.165, 1.54) is 11.3 Å². The average molecular weight is 284 g/mol. The Kier molecular flexibility index (Phi) is 6.49. The molecular formula is C13H20N2O3S. The van der Waals surface area contributed by atoms with Gasteiger partial charge in [0.1, 0.15) is 5.01 Å². The van der Waals surface area contributed by atoms with Gasteiger partial charge in [0.2, 0.25) is 5.91 Å². The Hall–Kier alpha value is -1.43. The Balaban J connectivity index is 2.59. The highest BCUT2D eigenvalue weighted by molar-refractivity contribution is 7.09. The molecule has 19 heavy (non-hydrogen) atoms. The van der Waals surface area contributed by atoms with E-state index in [2.05, 4.69) is 4.98 Å². The maximum absolute atomic E-state index is 12.1. The van der Waals surface area contributed by atoms with Crippen LogP contribution >= 0.6 is 11.3 Å². The summed E-state index contributed by atoms with van der Waals surface area (Å²) in [6.07, 6.45) is 2.06. The summed E-state index contributed by atoms with van der Waals surface area (Å²) in [4.78, 5) is 28.7. The van der Waals surface area contributed by atoms with E-state index in [0.29, 0.717) is 10.7 Å². The second-order valence-corrected chi connectivity index (χ2v) is 5.30. The molecule has 0 bridgehead atoms. The highest BCUT2D eigenvalue weighted by Crippen LogP contribution is 2.12. The number of carbonyl (C=O) groups excluding carboxylic acids is 1. The summed E-state index contributed by atoms with van der Waals surface area (Å²) in [5, 5.41) is 11.1. The second kappa shape index (κ2) is 7.89. The van der Waals surface area contributed by atoms with Gasteiger partial charge in [-0.15, -0.1) is 11.3 Å². The Morgan fingerprint density at radius 1 is 1.26 bits per heavy atom. The van der Waals surface area contributed by atoms with Crippen molar-refractivity contribution in [3.05, 3.63) is 16.1 Å². The minimum atomic E-state index is -0.901. The van der Waals surface area contributed by atoms with Crippen LogP contribution in [0.3, 0.4) is 0 Å². The number of carboxylic acids is 1. The standard InChI is InChI=1S/C13H20N2O3S/c1-3-5-15(6-4-2)12(16)8-11-14-10(9-19-11)7-13(17)18/h9H,3-8H2,1-2H3,(H,17,18). The number of thiazole rings is 1. The van der Waals surface area contributed by atoms with Gasteiger partial charge in [0.15, 0.2) is 0 Å². The van der Waals surface area contributed by atoms with Crippen LogP contribution in [0.15, 0.2) is 5.38 Å². The van der Waals surface area contributed by atoms with Crippen LogP contribution < -0.4 is 0 Å². The Bertz CT molecular complexity index is 425. The van der Waals surface area contributed by atoms with Crippen molar-refractivity contribution in [3.8, 4) is 0 Å². The van der Waals surface area contributed by atoms with Crippen LogP contribution in [0.5, 0.6) is 0 Å². The molecule has 1 rings (SSSR count). The van der Waals surface area contributed by atoms with Gasteiger partial charge >= 0.3 is 5.97 Å². The normalized spacial score (nSPS) is 10.4. The van der Waals surface area contributed by atoms with Crippen molar-refractivity contribution in [2.75, 3.05) is 13.1 Å². The van der Waals surface area contributed by atoms with Crippen LogP contribution in [-0.4, -0.2) is 40.0 Å². The molecule has 1 aromatic heterocycles. The van der Waals surface area contributed by atoms with Gasteiger partial charge in [-0.3, -0.25) is 9.59 Å². The van der Waals surface area contributed by atoms with E-state index < -0.39 is 5.97 Å². The maximum Gasteiger partial charge on any atom is 0.309 e. The molecule has 0 fully saturated rings. The van der Waals surface area contributed by atoms with Crippen LogP contribution in [-0.2, 0) is 22.4 Å². The smallest absolute Gasteiger partial charge is 0.309 e. The fourth-order valence-electron chi connectivity index (χ4n) is 1.81. The molecule has 0 radical (unpaired) electrons. The van der Waals surface area contributed by atoms with Crippen LogP contribution in [0.2, 0.25) is 0 Å². The lowest BCUT2D eigenvalue weighted by molar-refractivity contribution is -0.136. The molecule has 0 atom stereocenters. The van der Waals surface area contributed by atoms with Crippen molar-refractivity contribution < 1.29 is 14.7 Å². The van der Waals surface area contributed by atoms with Gasteiger partial charge in [0, 0.05) is 18.5 Å². The molecule has 1 aromatic rings. The maximum atomic E-state index is 12.1. The molecule has 0 aromatic carbocycles. The first kappa shape index (κ1) is 15.6. The minimum Gasteiger partial charge on any atom is -0.481 e. The summed E-state index contributed by atoms with van der Waals surface area (Å²) in [5.74, 6) is -0.832. The number of hydrogen-bond donors (Lipinski definition) is 1. The molecule has 0 aliphatic heterocycles. The molecule has 6 heteroatoms. The van der Waals surface area contributed by atoms with Gasteiger partial charge in [-0.05, 0) is 12.8 Å². The molecule has 106 valence electrons. The number of aliphatic carboxylic acids is 1. The zero-order valence-electron chi connectivity index (χ0n) is 11.4. The van der Waals surface area contributed by atoms with E-state index in [1.807, 2.05) is 18.7 Å². The lowest BCUT2D eigenvalue weighted by Crippen LogP contribution is -2.33. The molecule has 0 aliphatic rings. The minimum absolute atomic E-state index is 0.0694. The van der Waals surface area contributed by atoms with Crippen molar-refractivity contribution in [1.29, 1.82) is 0 Å². The summed E-state index contributed by atoms with van der Waals surface area (Å²) in [6.45, 7) is 5.62. The number of nitrogens with zero attached hydrogens (tertiary/aromatic N) is 2. The van der Waals surface area contributed by atoms with Crippen LogP contribution in [0.4, 0.5) is 0 Å². The molecule has 0 spiro atoms. The topological polar surface area (TPSA) is 70.5 Å². The monoisotopic (exact) mass is 284 g/mol. The Morgan fingerprint density at radius 3 is 2.42 bits per heavy atom. The second-order valence-electron chi connectivity index (χ2n) is 4.36. The molecule has 1 N–H and O–H groups in total. The number of rotatable bonds is 8. The highest BCUT2D eigenvalue weighted by atomic mass is 32.1. The van der Waals surface area contributed by atoms with Crippen molar-refractivity contribution >= 4 is 23.2 Å². The van der Waals surface area contributed by atoms with Crippen LogP contribution in [0.25, 0.3) is 0 Å². The molecule has 1 amide bonds. The summed E-state index contributed by atoms with van der Waals surface area (Å²) in [5.41, 5.74) is 0.526. The molecule has 1 heterocycles. The summed E-state index contributed by atoms with van der Waals surface area (Å²) >= 11 is 1.35. The quantitative estimate of drug-likeness (QED) is 0.792. The van der Waals surface area contributed by atoms with Gasteiger partial charge in [0.25, 0.3) is 0 Å². The van der Waals surface area contributed by atoms with Gasteiger partial charge in [-0.1, -0.05) is 13.8 Å². The largest absolute Gasteiger partial charge is 0.481 e. The molecular weight excluding hydrogens is 264 g/mol. The zero-order valence-corrected chi connectivity index (χ0v) is 12.2. The number of hydrogen-bond acceptors (Lipinski definition) is 4. The third-order valence-electron chi connectivity index (χ3n) is 2.57. The lowest BCUT2D eigenvalue weighted by atomic mass is 10.3. The van der Waals surface area contributed by atoms with E-state index in [0.717, 1.165) is 25.9 Å². The Labute approximate surface area is 117 Å². The van der Waals surface area contributed by atoms with E-state index in [1.54, 1.807) is 5.38 Å².